The van der Waals surface area contributed by atoms with Crippen LogP contribution >= 0.6 is 0 Å². The first-order valence-corrected chi connectivity index (χ1v) is 13.2. The van der Waals surface area contributed by atoms with Crippen LogP contribution in [-0.2, 0) is 4.79 Å². The number of unbranched alkanes of at least 4 members (excludes halogenated alkanes) is 19. The van der Waals surface area contributed by atoms with Crippen molar-refractivity contribution in [3.05, 3.63) is 0 Å². The Bertz CT molecular complexity index is 320. The quantitative estimate of drug-likeness (QED) is 0.149. The van der Waals surface area contributed by atoms with Gasteiger partial charge in [0.2, 0.25) is 0 Å². The zero-order valence-electron chi connectivity index (χ0n) is 19.8. The van der Waals surface area contributed by atoms with Gasteiger partial charge >= 0.3 is 5.97 Å². The lowest BCUT2D eigenvalue weighted by Crippen LogP contribution is -2.16. The second-order valence-corrected chi connectivity index (χ2v) is 8.96. The van der Waals surface area contributed by atoms with Gasteiger partial charge in [0, 0.05) is 6.42 Å². The number of carboxylic acids is 1. The van der Waals surface area contributed by atoms with Crippen molar-refractivity contribution in [2.75, 3.05) is 13.1 Å². The summed E-state index contributed by atoms with van der Waals surface area (Å²) >= 11 is 0. The molecule has 0 aliphatic rings. The molecule has 0 fully saturated rings. The molecule has 0 unspecified atom stereocenters. The molecule has 0 heterocycles. The Morgan fingerprint density at radius 3 is 1.17 bits per heavy atom. The summed E-state index contributed by atoms with van der Waals surface area (Å²) in [5, 5.41) is 12.2. The molecular formula is C26H53NO2. The minimum absolute atomic E-state index is 0.343. The van der Waals surface area contributed by atoms with E-state index in [1.807, 2.05) is 0 Å². The van der Waals surface area contributed by atoms with E-state index in [1.165, 1.54) is 135 Å². The maximum Gasteiger partial charge on any atom is 0.303 e. The van der Waals surface area contributed by atoms with Crippen molar-refractivity contribution >= 4 is 5.97 Å². The van der Waals surface area contributed by atoms with Crippen LogP contribution in [0.4, 0.5) is 0 Å². The number of hydrogen-bond acceptors (Lipinski definition) is 2. The molecule has 0 saturated heterocycles. The van der Waals surface area contributed by atoms with Crippen molar-refractivity contribution in [1.82, 2.24) is 5.32 Å². The summed E-state index contributed by atoms with van der Waals surface area (Å²) in [4.78, 5) is 10.4. The largest absolute Gasteiger partial charge is 0.481 e. The van der Waals surface area contributed by atoms with Gasteiger partial charge < -0.3 is 10.4 Å². The van der Waals surface area contributed by atoms with E-state index in [0.29, 0.717) is 6.42 Å². The standard InChI is InChI=1S/C26H53NO2/c1-2-3-4-5-6-15-18-21-24-27-25-22-19-16-13-11-9-7-8-10-12-14-17-20-23-26(28)29/h27H,2-25H2,1H3,(H,28,29). The number of hydrogen-bond donors (Lipinski definition) is 2. The Labute approximate surface area is 182 Å². The number of rotatable bonds is 25. The van der Waals surface area contributed by atoms with Crippen LogP contribution in [0.1, 0.15) is 148 Å². The molecule has 0 bridgehead atoms. The van der Waals surface area contributed by atoms with E-state index in [-0.39, 0.29) is 0 Å². The van der Waals surface area contributed by atoms with Gasteiger partial charge in [0.05, 0.1) is 0 Å². The van der Waals surface area contributed by atoms with Gasteiger partial charge in [0.1, 0.15) is 0 Å². The van der Waals surface area contributed by atoms with E-state index in [0.717, 1.165) is 12.8 Å². The summed E-state index contributed by atoms with van der Waals surface area (Å²) in [7, 11) is 0. The SMILES string of the molecule is CCCCCCCCCCNCCCCCCCCCCCCCCCC(=O)O. The van der Waals surface area contributed by atoms with E-state index in [4.69, 9.17) is 5.11 Å². The number of aliphatic carboxylic acids is 1. The Kier molecular flexibility index (Phi) is 25.0. The Balaban J connectivity index is 2.99. The maximum absolute atomic E-state index is 10.4. The first kappa shape index (κ1) is 28.4. The van der Waals surface area contributed by atoms with Crippen LogP contribution < -0.4 is 5.32 Å². The predicted octanol–water partition coefficient (Wildman–Crippen LogP) is 8.26. The number of carboxylic acid groups (broad SMARTS) is 1. The number of nitrogens with one attached hydrogen (secondary N) is 1. The van der Waals surface area contributed by atoms with Gasteiger partial charge in [-0.25, -0.2) is 0 Å². The van der Waals surface area contributed by atoms with Crippen LogP contribution in [0, 0.1) is 0 Å². The maximum atomic E-state index is 10.4. The summed E-state index contributed by atoms with van der Waals surface area (Å²) in [6, 6.07) is 0. The van der Waals surface area contributed by atoms with Crippen molar-refractivity contribution in [3.63, 3.8) is 0 Å². The van der Waals surface area contributed by atoms with E-state index < -0.39 is 5.97 Å². The zero-order valence-corrected chi connectivity index (χ0v) is 19.8. The fraction of sp³-hybridized carbons (Fsp3) is 0.962. The third-order valence-corrected chi connectivity index (χ3v) is 5.95. The lowest BCUT2D eigenvalue weighted by atomic mass is 10.0. The highest BCUT2D eigenvalue weighted by molar-refractivity contribution is 5.66. The van der Waals surface area contributed by atoms with E-state index in [2.05, 4.69) is 12.2 Å². The van der Waals surface area contributed by atoms with Crippen LogP contribution in [0.3, 0.4) is 0 Å². The molecule has 0 rings (SSSR count). The van der Waals surface area contributed by atoms with Gasteiger partial charge in [-0.15, -0.1) is 0 Å². The highest BCUT2D eigenvalue weighted by Crippen LogP contribution is 2.13. The summed E-state index contributed by atoms with van der Waals surface area (Å²) in [5.74, 6) is -0.653. The minimum atomic E-state index is -0.653. The molecule has 0 saturated carbocycles. The molecule has 29 heavy (non-hydrogen) atoms. The van der Waals surface area contributed by atoms with Crippen molar-refractivity contribution in [3.8, 4) is 0 Å². The third-order valence-electron chi connectivity index (χ3n) is 5.95. The molecule has 0 aliphatic heterocycles. The lowest BCUT2D eigenvalue weighted by molar-refractivity contribution is -0.137. The minimum Gasteiger partial charge on any atom is -0.481 e. The van der Waals surface area contributed by atoms with Crippen molar-refractivity contribution in [2.45, 2.75) is 148 Å². The fourth-order valence-electron chi connectivity index (χ4n) is 3.98. The molecule has 0 radical (unpaired) electrons. The van der Waals surface area contributed by atoms with Crippen LogP contribution in [0.5, 0.6) is 0 Å². The van der Waals surface area contributed by atoms with Gasteiger partial charge in [0.15, 0.2) is 0 Å². The molecule has 3 heteroatoms. The molecule has 2 N–H and O–H groups in total. The van der Waals surface area contributed by atoms with Gasteiger partial charge in [-0.3, -0.25) is 4.79 Å². The fourth-order valence-corrected chi connectivity index (χ4v) is 3.98. The molecule has 0 amide bonds. The predicted molar refractivity (Wildman–Crippen MR) is 128 cm³/mol. The summed E-state index contributed by atoms with van der Waals surface area (Å²) < 4.78 is 0. The van der Waals surface area contributed by atoms with Crippen LogP contribution in [0.25, 0.3) is 0 Å². The molecule has 0 aromatic carbocycles. The van der Waals surface area contributed by atoms with Crippen molar-refractivity contribution in [2.24, 2.45) is 0 Å². The molecule has 3 nitrogen and oxygen atoms in total. The second kappa shape index (κ2) is 25.5. The second-order valence-electron chi connectivity index (χ2n) is 8.96. The van der Waals surface area contributed by atoms with Crippen molar-refractivity contribution < 1.29 is 9.90 Å². The molecule has 174 valence electrons. The molecule has 0 atom stereocenters. The normalized spacial score (nSPS) is 11.2. The third kappa shape index (κ3) is 27.4. The average Bonchev–Trinajstić information content (AvgIpc) is 2.71. The zero-order chi connectivity index (χ0) is 21.3. The molecular weight excluding hydrogens is 358 g/mol. The molecule has 0 spiro atoms. The first-order valence-electron chi connectivity index (χ1n) is 13.2. The van der Waals surface area contributed by atoms with Crippen molar-refractivity contribution in [1.29, 1.82) is 0 Å². The molecule has 0 aromatic rings. The Hall–Kier alpha value is -0.570. The summed E-state index contributed by atoms with van der Waals surface area (Å²) in [6.45, 7) is 4.71. The van der Waals surface area contributed by atoms with E-state index in [9.17, 15) is 4.79 Å². The average molecular weight is 412 g/mol. The Morgan fingerprint density at radius 2 is 0.828 bits per heavy atom. The van der Waals surface area contributed by atoms with Gasteiger partial charge in [-0.05, 0) is 32.4 Å². The number of carbonyl (C=O) groups is 1. The van der Waals surface area contributed by atoms with Crippen LogP contribution in [-0.4, -0.2) is 24.2 Å². The topological polar surface area (TPSA) is 49.3 Å². The van der Waals surface area contributed by atoms with E-state index in [1.54, 1.807) is 0 Å². The van der Waals surface area contributed by atoms with Crippen LogP contribution in [0.15, 0.2) is 0 Å². The van der Waals surface area contributed by atoms with E-state index >= 15 is 0 Å². The first-order chi connectivity index (χ1) is 14.3. The summed E-state index contributed by atoms with van der Waals surface area (Å²) in [5.41, 5.74) is 0. The highest BCUT2D eigenvalue weighted by Gasteiger charge is 1.97. The monoisotopic (exact) mass is 411 g/mol. The molecule has 0 aliphatic carbocycles. The smallest absolute Gasteiger partial charge is 0.303 e. The van der Waals surface area contributed by atoms with Gasteiger partial charge in [0.25, 0.3) is 0 Å². The van der Waals surface area contributed by atoms with Gasteiger partial charge in [-0.2, -0.15) is 0 Å². The summed E-state index contributed by atoms with van der Waals surface area (Å²) in [6.07, 6.45) is 28.5. The Morgan fingerprint density at radius 1 is 0.517 bits per heavy atom. The van der Waals surface area contributed by atoms with Gasteiger partial charge in [-0.1, -0.05) is 122 Å². The highest BCUT2D eigenvalue weighted by atomic mass is 16.4. The lowest BCUT2D eigenvalue weighted by Gasteiger charge is -2.05. The van der Waals surface area contributed by atoms with Crippen LogP contribution in [0.2, 0.25) is 0 Å². The molecule has 0 aromatic heterocycles.